The van der Waals surface area contributed by atoms with Gasteiger partial charge < -0.3 is 11.1 Å². The Morgan fingerprint density at radius 3 is 2.35 bits per heavy atom. The van der Waals surface area contributed by atoms with E-state index in [9.17, 15) is 9.59 Å². The second-order valence-electron chi connectivity index (χ2n) is 4.20. The van der Waals surface area contributed by atoms with Crippen molar-refractivity contribution in [1.29, 1.82) is 0 Å². The normalized spacial score (nSPS) is 13.5. The third-order valence-electron chi connectivity index (χ3n) is 2.53. The van der Waals surface area contributed by atoms with E-state index in [2.05, 4.69) is 18.5 Å². The Morgan fingerprint density at radius 2 is 2.00 bits per heavy atom. The number of rotatable bonds is 8. The Hall–Kier alpha value is -1.58. The van der Waals surface area contributed by atoms with Crippen molar-refractivity contribution in [2.45, 2.75) is 26.7 Å². The van der Waals surface area contributed by atoms with Crippen molar-refractivity contribution in [3.05, 3.63) is 24.8 Å². The van der Waals surface area contributed by atoms with E-state index in [-0.39, 0.29) is 5.91 Å². The van der Waals surface area contributed by atoms with Crippen molar-refractivity contribution in [1.82, 2.24) is 5.32 Å². The van der Waals surface area contributed by atoms with Gasteiger partial charge in [0.1, 0.15) is 0 Å². The topological polar surface area (TPSA) is 72.2 Å². The summed E-state index contributed by atoms with van der Waals surface area (Å²) in [5, 5.41) is 2.72. The molecule has 0 heterocycles. The molecule has 0 saturated carbocycles. The molecular formula is C13H22N2O2. The maximum Gasteiger partial charge on any atom is 0.224 e. The molecule has 0 radical (unpaired) electrons. The van der Waals surface area contributed by atoms with Gasteiger partial charge in [-0.3, -0.25) is 9.59 Å². The van der Waals surface area contributed by atoms with Crippen molar-refractivity contribution < 1.29 is 9.59 Å². The number of hydrogen-bond donors (Lipinski definition) is 2. The first-order valence-corrected chi connectivity index (χ1v) is 5.76. The Labute approximate surface area is 103 Å². The van der Waals surface area contributed by atoms with Crippen molar-refractivity contribution >= 4 is 11.8 Å². The zero-order chi connectivity index (χ0) is 13.4. The summed E-state index contributed by atoms with van der Waals surface area (Å²) in [7, 11) is 0. The van der Waals surface area contributed by atoms with Gasteiger partial charge in [0.05, 0.1) is 11.8 Å². The van der Waals surface area contributed by atoms with E-state index >= 15 is 0 Å². The number of carbonyl (C=O) groups is 2. The van der Waals surface area contributed by atoms with E-state index < -0.39 is 17.7 Å². The molecule has 0 unspecified atom stereocenters. The SMILES string of the molecule is C=CC[C@H](C(N)=O)[C@@H](CC(=C)C)C(=O)NCC. The second-order valence-corrected chi connectivity index (χ2v) is 4.20. The molecule has 0 aromatic carbocycles. The molecule has 0 rings (SSSR count). The lowest BCUT2D eigenvalue weighted by Crippen LogP contribution is -2.40. The fourth-order valence-corrected chi connectivity index (χ4v) is 1.76. The summed E-state index contributed by atoms with van der Waals surface area (Å²) >= 11 is 0. The molecule has 0 bridgehead atoms. The minimum atomic E-state index is -0.518. The van der Waals surface area contributed by atoms with E-state index in [1.165, 1.54) is 0 Å². The third kappa shape index (κ3) is 5.33. The summed E-state index contributed by atoms with van der Waals surface area (Å²) in [5.74, 6) is -1.60. The average molecular weight is 238 g/mol. The quantitative estimate of drug-likeness (QED) is 0.627. The molecule has 4 heteroatoms. The predicted molar refractivity (Wildman–Crippen MR) is 69.1 cm³/mol. The van der Waals surface area contributed by atoms with E-state index in [0.717, 1.165) is 5.57 Å². The molecule has 3 N–H and O–H groups in total. The van der Waals surface area contributed by atoms with Crippen molar-refractivity contribution in [3.63, 3.8) is 0 Å². The molecule has 0 aliphatic rings. The highest BCUT2D eigenvalue weighted by Gasteiger charge is 2.30. The van der Waals surface area contributed by atoms with E-state index in [1.807, 2.05) is 13.8 Å². The predicted octanol–water partition coefficient (Wildman–Crippen LogP) is 1.38. The molecule has 2 atom stereocenters. The maximum absolute atomic E-state index is 11.9. The highest BCUT2D eigenvalue weighted by Crippen LogP contribution is 2.23. The zero-order valence-corrected chi connectivity index (χ0v) is 10.7. The number of amides is 2. The van der Waals surface area contributed by atoms with Gasteiger partial charge in [-0.1, -0.05) is 11.6 Å². The summed E-state index contributed by atoms with van der Waals surface area (Å²) < 4.78 is 0. The monoisotopic (exact) mass is 238 g/mol. The molecule has 0 aromatic heterocycles. The van der Waals surface area contributed by atoms with Crippen LogP contribution in [0.15, 0.2) is 24.8 Å². The Morgan fingerprint density at radius 1 is 1.41 bits per heavy atom. The molecule has 0 spiro atoms. The fraction of sp³-hybridized carbons (Fsp3) is 0.538. The lowest BCUT2D eigenvalue weighted by molar-refractivity contribution is -0.133. The minimum Gasteiger partial charge on any atom is -0.369 e. The summed E-state index contributed by atoms with van der Waals surface area (Å²) in [4.78, 5) is 23.3. The molecular weight excluding hydrogens is 216 g/mol. The van der Waals surface area contributed by atoms with E-state index in [0.29, 0.717) is 19.4 Å². The van der Waals surface area contributed by atoms with Crippen LogP contribution in [0.25, 0.3) is 0 Å². The van der Waals surface area contributed by atoms with Crippen LogP contribution in [0.1, 0.15) is 26.7 Å². The zero-order valence-electron chi connectivity index (χ0n) is 10.7. The first-order valence-electron chi connectivity index (χ1n) is 5.76. The lowest BCUT2D eigenvalue weighted by atomic mass is 9.83. The highest BCUT2D eigenvalue weighted by atomic mass is 16.2. The van der Waals surface area contributed by atoms with Gasteiger partial charge in [-0.2, -0.15) is 0 Å². The van der Waals surface area contributed by atoms with Crippen LogP contribution >= 0.6 is 0 Å². The lowest BCUT2D eigenvalue weighted by Gasteiger charge is -2.23. The van der Waals surface area contributed by atoms with Gasteiger partial charge in [0.25, 0.3) is 0 Å². The van der Waals surface area contributed by atoms with E-state index in [4.69, 9.17) is 5.73 Å². The van der Waals surface area contributed by atoms with Crippen LogP contribution in [0.3, 0.4) is 0 Å². The summed E-state index contributed by atoms with van der Waals surface area (Å²) in [6, 6.07) is 0. The number of nitrogens with two attached hydrogens (primary N) is 1. The first kappa shape index (κ1) is 15.4. The minimum absolute atomic E-state index is 0.152. The van der Waals surface area contributed by atoms with Crippen molar-refractivity contribution in [3.8, 4) is 0 Å². The number of hydrogen-bond acceptors (Lipinski definition) is 2. The molecule has 0 aliphatic carbocycles. The second kappa shape index (κ2) is 7.65. The maximum atomic E-state index is 11.9. The molecule has 0 aliphatic heterocycles. The molecule has 0 saturated heterocycles. The highest BCUT2D eigenvalue weighted by molar-refractivity contribution is 5.87. The molecule has 2 amide bonds. The van der Waals surface area contributed by atoms with Crippen LogP contribution in [0.2, 0.25) is 0 Å². The Kier molecular flexibility index (Phi) is 6.94. The number of primary amides is 1. The molecule has 0 fully saturated rings. The number of allylic oxidation sites excluding steroid dienone is 2. The van der Waals surface area contributed by atoms with Gasteiger partial charge in [-0.05, 0) is 26.7 Å². The summed E-state index contributed by atoms with van der Waals surface area (Å²) in [6.07, 6.45) is 2.48. The van der Waals surface area contributed by atoms with E-state index in [1.54, 1.807) is 6.08 Å². The van der Waals surface area contributed by atoms with Crippen LogP contribution in [-0.2, 0) is 9.59 Å². The first-order chi connectivity index (χ1) is 7.93. The smallest absolute Gasteiger partial charge is 0.224 e. The van der Waals surface area contributed by atoms with Crippen LogP contribution in [0, 0.1) is 11.8 Å². The van der Waals surface area contributed by atoms with Gasteiger partial charge >= 0.3 is 0 Å². The Bertz CT molecular complexity index is 311. The van der Waals surface area contributed by atoms with Crippen molar-refractivity contribution in [2.24, 2.45) is 17.6 Å². The molecule has 0 aromatic rings. The summed E-state index contributed by atoms with van der Waals surface area (Å²) in [5.41, 5.74) is 6.19. The van der Waals surface area contributed by atoms with Gasteiger partial charge in [-0.25, -0.2) is 0 Å². The number of nitrogens with one attached hydrogen (secondary N) is 1. The van der Waals surface area contributed by atoms with Gasteiger partial charge in [0.15, 0.2) is 0 Å². The van der Waals surface area contributed by atoms with Crippen molar-refractivity contribution in [2.75, 3.05) is 6.54 Å². The fourth-order valence-electron chi connectivity index (χ4n) is 1.76. The van der Waals surface area contributed by atoms with Crippen LogP contribution in [0.4, 0.5) is 0 Å². The van der Waals surface area contributed by atoms with Gasteiger partial charge in [0.2, 0.25) is 11.8 Å². The largest absolute Gasteiger partial charge is 0.369 e. The molecule has 96 valence electrons. The van der Waals surface area contributed by atoms with Crippen LogP contribution in [-0.4, -0.2) is 18.4 Å². The Balaban J connectivity index is 4.96. The average Bonchev–Trinajstić information content (AvgIpc) is 2.22. The van der Waals surface area contributed by atoms with Crippen LogP contribution < -0.4 is 11.1 Å². The number of carbonyl (C=O) groups excluding carboxylic acids is 2. The third-order valence-corrected chi connectivity index (χ3v) is 2.53. The van der Waals surface area contributed by atoms with Gasteiger partial charge in [-0.15, -0.1) is 13.2 Å². The standard InChI is InChI=1S/C13H22N2O2/c1-5-7-10(12(14)16)11(8-9(3)4)13(17)15-6-2/h5,10-11H,1,3,6-8H2,2,4H3,(H2,14,16)(H,15,17)/t10-,11+/m0/s1. The van der Waals surface area contributed by atoms with Gasteiger partial charge in [0, 0.05) is 6.54 Å². The van der Waals surface area contributed by atoms with Crippen LogP contribution in [0.5, 0.6) is 0 Å². The molecule has 4 nitrogen and oxygen atoms in total. The molecule has 17 heavy (non-hydrogen) atoms. The summed E-state index contributed by atoms with van der Waals surface area (Å²) in [6.45, 7) is 11.6.